The molecule has 1 aliphatic heterocycles. The van der Waals surface area contributed by atoms with E-state index in [9.17, 15) is 17.6 Å². The molecule has 0 bridgehead atoms. The molecule has 1 aliphatic rings. The van der Waals surface area contributed by atoms with Crippen LogP contribution in [0.1, 0.15) is 11.6 Å². The minimum absolute atomic E-state index is 0.343. The standard InChI is InChI=1S/C14H18F4N2O2/c1-21-13-3-2-10(22-14(16,17)18)8-11(13)12(9-15)20-6-4-19-5-7-20/h2-3,8,12,19H,4-7,9H2,1H3/t12-/m0/s1. The van der Waals surface area contributed by atoms with Gasteiger partial charge in [-0.25, -0.2) is 4.39 Å². The van der Waals surface area contributed by atoms with Gasteiger partial charge in [0.15, 0.2) is 0 Å². The second kappa shape index (κ2) is 7.15. The van der Waals surface area contributed by atoms with Crippen molar-refractivity contribution >= 4 is 0 Å². The first-order chi connectivity index (χ1) is 10.4. The predicted octanol–water partition coefficient (Wildman–Crippen LogP) is 2.51. The summed E-state index contributed by atoms with van der Waals surface area (Å²) >= 11 is 0. The Bertz CT molecular complexity index is 490. The van der Waals surface area contributed by atoms with Crippen molar-refractivity contribution in [3.63, 3.8) is 0 Å². The van der Waals surface area contributed by atoms with Crippen molar-refractivity contribution in [2.24, 2.45) is 0 Å². The van der Waals surface area contributed by atoms with Crippen molar-refractivity contribution in [3.05, 3.63) is 23.8 Å². The monoisotopic (exact) mass is 322 g/mol. The molecule has 1 atom stereocenters. The van der Waals surface area contributed by atoms with Gasteiger partial charge in [-0.3, -0.25) is 4.90 Å². The number of hydrogen-bond acceptors (Lipinski definition) is 4. The lowest BCUT2D eigenvalue weighted by Crippen LogP contribution is -2.45. The molecule has 1 N–H and O–H groups in total. The van der Waals surface area contributed by atoms with Crippen LogP contribution in [-0.2, 0) is 0 Å². The lowest BCUT2D eigenvalue weighted by molar-refractivity contribution is -0.274. The van der Waals surface area contributed by atoms with Crippen LogP contribution in [0.5, 0.6) is 11.5 Å². The molecule has 124 valence electrons. The van der Waals surface area contributed by atoms with Gasteiger partial charge in [-0.1, -0.05) is 0 Å². The Morgan fingerprint density at radius 3 is 2.50 bits per heavy atom. The van der Waals surface area contributed by atoms with Gasteiger partial charge in [0.25, 0.3) is 0 Å². The molecule has 0 amide bonds. The maximum absolute atomic E-state index is 13.5. The van der Waals surface area contributed by atoms with Gasteiger partial charge in [0.1, 0.15) is 18.2 Å². The van der Waals surface area contributed by atoms with Crippen LogP contribution in [0.15, 0.2) is 18.2 Å². The van der Waals surface area contributed by atoms with E-state index in [0.717, 1.165) is 6.07 Å². The Hall–Kier alpha value is -1.54. The molecule has 1 heterocycles. The summed E-state index contributed by atoms with van der Waals surface area (Å²) in [6.07, 6.45) is -4.79. The molecular weight excluding hydrogens is 304 g/mol. The number of benzene rings is 1. The summed E-state index contributed by atoms with van der Waals surface area (Å²) in [5, 5.41) is 3.15. The first-order valence-corrected chi connectivity index (χ1v) is 6.89. The SMILES string of the molecule is COc1ccc(OC(F)(F)F)cc1[C@H](CF)N1CCNCC1. The van der Waals surface area contributed by atoms with E-state index in [1.54, 1.807) is 0 Å². The van der Waals surface area contributed by atoms with E-state index in [1.165, 1.54) is 19.2 Å². The zero-order chi connectivity index (χ0) is 16.2. The van der Waals surface area contributed by atoms with Gasteiger partial charge in [-0.2, -0.15) is 0 Å². The van der Waals surface area contributed by atoms with Crippen molar-refractivity contribution in [2.45, 2.75) is 12.4 Å². The maximum atomic E-state index is 13.5. The van der Waals surface area contributed by atoms with Crippen LogP contribution in [0.3, 0.4) is 0 Å². The van der Waals surface area contributed by atoms with E-state index >= 15 is 0 Å². The van der Waals surface area contributed by atoms with Gasteiger partial charge in [0, 0.05) is 31.7 Å². The summed E-state index contributed by atoms with van der Waals surface area (Å²) in [4.78, 5) is 1.88. The Kier molecular flexibility index (Phi) is 5.47. The van der Waals surface area contributed by atoms with Crippen LogP contribution in [0.4, 0.5) is 17.6 Å². The van der Waals surface area contributed by atoms with E-state index in [4.69, 9.17) is 4.74 Å². The molecule has 1 aromatic carbocycles. The number of hydrogen-bond donors (Lipinski definition) is 1. The Labute approximate surface area is 126 Å². The third-order valence-corrected chi connectivity index (χ3v) is 3.53. The number of rotatable bonds is 5. The highest BCUT2D eigenvalue weighted by molar-refractivity contribution is 5.42. The van der Waals surface area contributed by atoms with Gasteiger partial charge in [0.2, 0.25) is 0 Å². The van der Waals surface area contributed by atoms with Crippen molar-refractivity contribution < 1.29 is 27.0 Å². The molecule has 0 saturated carbocycles. The molecule has 0 aliphatic carbocycles. The summed E-state index contributed by atoms with van der Waals surface area (Å²) in [7, 11) is 1.40. The van der Waals surface area contributed by atoms with Crippen LogP contribution in [0, 0.1) is 0 Å². The molecule has 0 radical (unpaired) electrons. The van der Waals surface area contributed by atoms with E-state index in [-0.39, 0.29) is 5.75 Å². The van der Waals surface area contributed by atoms with Crippen molar-refractivity contribution in [2.75, 3.05) is 40.0 Å². The zero-order valence-electron chi connectivity index (χ0n) is 12.1. The lowest BCUT2D eigenvalue weighted by Gasteiger charge is -2.34. The molecule has 0 spiro atoms. The van der Waals surface area contributed by atoms with Crippen LogP contribution in [0.2, 0.25) is 0 Å². The molecule has 2 rings (SSSR count). The average molecular weight is 322 g/mol. The normalized spacial score (nSPS) is 18.0. The summed E-state index contributed by atoms with van der Waals surface area (Å²) in [6, 6.07) is 3.05. The van der Waals surface area contributed by atoms with Crippen LogP contribution < -0.4 is 14.8 Å². The fourth-order valence-electron chi connectivity index (χ4n) is 2.54. The number of piperazine rings is 1. The van der Waals surface area contributed by atoms with Gasteiger partial charge >= 0.3 is 6.36 Å². The number of alkyl halides is 4. The smallest absolute Gasteiger partial charge is 0.496 e. The minimum atomic E-state index is -4.79. The van der Waals surface area contributed by atoms with E-state index in [1.807, 2.05) is 4.90 Å². The van der Waals surface area contributed by atoms with Gasteiger partial charge in [-0.05, 0) is 18.2 Å². The van der Waals surface area contributed by atoms with Gasteiger partial charge in [-0.15, -0.1) is 13.2 Å². The summed E-state index contributed by atoms with van der Waals surface area (Å²) in [6.45, 7) is 1.92. The zero-order valence-corrected chi connectivity index (χ0v) is 12.1. The Balaban J connectivity index is 2.30. The van der Waals surface area contributed by atoms with E-state index < -0.39 is 19.1 Å². The largest absolute Gasteiger partial charge is 0.573 e. The number of methoxy groups -OCH3 is 1. The molecule has 0 aromatic heterocycles. The Morgan fingerprint density at radius 1 is 1.27 bits per heavy atom. The number of ether oxygens (including phenoxy) is 2. The van der Waals surface area contributed by atoms with Crippen molar-refractivity contribution in [1.82, 2.24) is 10.2 Å². The van der Waals surface area contributed by atoms with Crippen molar-refractivity contribution in [1.29, 1.82) is 0 Å². The fraction of sp³-hybridized carbons (Fsp3) is 0.571. The lowest BCUT2D eigenvalue weighted by atomic mass is 10.0. The summed E-state index contributed by atoms with van der Waals surface area (Å²) in [5.74, 6) is -0.0346. The van der Waals surface area contributed by atoms with E-state index in [0.29, 0.717) is 37.5 Å². The molecule has 8 heteroatoms. The fourth-order valence-corrected chi connectivity index (χ4v) is 2.54. The molecule has 1 saturated heterocycles. The molecule has 22 heavy (non-hydrogen) atoms. The average Bonchev–Trinajstić information content (AvgIpc) is 2.48. The summed E-state index contributed by atoms with van der Waals surface area (Å²) in [5.41, 5.74) is 0.355. The highest BCUT2D eigenvalue weighted by Gasteiger charge is 2.32. The van der Waals surface area contributed by atoms with Crippen molar-refractivity contribution in [3.8, 4) is 11.5 Å². The molecule has 1 fully saturated rings. The number of nitrogens with one attached hydrogen (secondary N) is 1. The minimum Gasteiger partial charge on any atom is -0.496 e. The Morgan fingerprint density at radius 2 is 1.95 bits per heavy atom. The third kappa shape index (κ3) is 4.23. The van der Waals surface area contributed by atoms with E-state index in [2.05, 4.69) is 10.1 Å². The topological polar surface area (TPSA) is 33.7 Å². The third-order valence-electron chi connectivity index (χ3n) is 3.53. The maximum Gasteiger partial charge on any atom is 0.573 e. The quantitative estimate of drug-likeness (QED) is 0.845. The highest BCUT2D eigenvalue weighted by Crippen LogP contribution is 2.35. The molecule has 0 unspecified atom stereocenters. The highest BCUT2D eigenvalue weighted by atomic mass is 19.4. The number of nitrogens with zero attached hydrogens (tertiary/aromatic N) is 1. The molecule has 4 nitrogen and oxygen atoms in total. The van der Waals surface area contributed by atoms with Gasteiger partial charge in [0.05, 0.1) is 13.2 Å². The number of halogens is 4. The second-order valence-corrected chi connectivity index (χ2v) is 4.91. The second-order valence-electron chi connectivity index (χ2n) is 4.91. The summed E-state index contributed by atoms with van der Waals surface area (Å²) < 4.78 is 59.6. The van der Waals surface area contributed by atoms with Crippen LogP contribution in [0.25, 0.3) is 0 Å². The predicted molar refractivity (Wildman–Crippen MR) is 72.8 cm³/mol. The molecular formula is C14H18F4N2O2. The van der Waals surface area contributed by atoms with Crippen LogP contribution >= 0.6 is 0 Å². The molecule has 1 aromatic rings. The van der Waals surface area contributed by atoms with Gasteiger partial charge < -0.3 is 14.8 Å². The van der Waals surface area contributed by atoms with Crippen LogP contribution in [-0.4, -0.2) is 51.2 Å². The first kappa shape index (κ1) is 16.8. The first-order valence-electron chi connectivity index (χ1n) is 6.89.